The molecule has 0 bridgehead atoms. The molecule has 0 spiro atoms. The van der Waals surface area contributed by atoms with Gasteiger partial charge in [-0.05, 0) is 24.3 Å². The molecule has 0 aliphatic carbocycles. The highest BCUT2D eigenvalue weighted by Gasteiger charge is 2.03. The summed E-state index contributed by atoms with van der Waals surface area (Å²) in [6, 6.07) is 5.89. The lowest BCUT2D eigenvalue weighted by Crippen LogP contribution is -2.12. The van der Waals surface area contributed by atoms with Crippen molar-refractivity contribution >= 4 is 5.78 Å². The lowest BCUT2D eigenvalue weighted by atomic mass is 10.1. The van der Waals surface area contributed by atoms with Crippen LogP contribution in [0.4, 0.5) is 0 Å². The van der Waals surface area contributed by atoms with Gasteiger partial charge in [0.15, 0.2) is 5.78 Å². The Bertz CT molecular complexity index is 268. The van der Waals surface area contributed by atoms with Gasteiger partial charge in [0.2, 0.25) is 0 Å². The summed E-state index contributed by atoms with van der Waals surface area (Å²) in [6.45, 7) is -0.148. The second kappa shape index (κ2) is 3.85. The lowest BCUT2D eigenvalue weighted by molar-refractivity contribution is 0.0763. The van der Waals surface area contributed by atoms with E-state index < -0.39 is 0 Å². The van der Waals surface area contributed by atoms with E-state index in [0.29, 0.717) is 5.56 Å². The van der Waals surface area contributed by atoms with Crippen LogP contribution in [0.3, 0.4) is 0 Å². The molecule has 0 amide bonds. The molecule has 64 valence electrons. The van der Waals surface area contributed by atoms with E-state index in [4.69, 9.17) is 11.0 Å². The summed E-state index contributed by atoms with van der Waals surface area (Å²) in [5, 5.41) is 8.90. The third-order valence-corrected chi connectivity index (χ3v) is 1.40. The number of nitrogens with two attached hydrogens (primary N) is 1. The molecule has 0 heterocycles. The predicted octanol–water partition coefficient (Wildman–Crippen LogP) is 0.465. The predicted molar refractivity (Wildman–Crippen MR) is 42.6 cm³/mol. The smallest absolute Gasteiger partial charge is 0.190 e. The summed E-state index contributed by atoms with van der Waals surface area (Å²) in [7, 11) is 0. The van der Waals surface area contributed by atoms with Gasteiger partial charge in [-0.2, -0.15) is 0 Å². The van der Waals surface area contributed by atoms with Crippen molar-refractivity contribution in [2.24, 2.45) is 5.90 Å². The summed E-state index contributed by atoms with van der Waals surface area (Å²) >= 11 is 0. The van der Waals surface area contributed by atoms with Crippen molar-refractivity contribution in [2.75, 3.05) is 6.61 Å². The standard InChI is InChI=1S/C8H9NO3/c9-12-5-8(11)6-1-3-7(10)4-2-6/h1-4,10H,5,9H2. The van der Waals surface area contributed by atoms with Crippen molar-refractivity contribution in [1.29, 1.82) is 0 Å². The molecular weight excluding hydrogens is 158 g/mol. The molecule has 0 radical (unpaired) electrons. The molecule has 1 aromatic rings. The Hall–Kier alpha value is -1.39. The number of phenolic OH excluding ortho intramolecular Hbond substituents is 1. The van der Waals surface area contributed by atoms with Crippen molar-refractivity contribution in [3.63, 3.8) is 0 Å². The number of Topliss-reactive ketones (excluding diaryl/α,β-unsaturated/α-hetero) is 1. The Morgan fingerprint density at radius 3 is 2.50 bits per heavy atom. The van der Waals surface area contributed by atoms with Crippen LogP contribution < -0.4 is 5.90 Å². The minimum absolute atomic E-state index is 0.125. The van der Waals surface area contributed by atoms with Crippen molar-refractivity contribution in [1.82, 2.24) is 0 Å². The van der Waals surface area contributed by atoms with Crippen LogP contribution in [0.25, 0.3) is 0 Å². The van der Waals surface area contributed by atoms with Crippen molar-refractivity contribution in [2.45, 2.75) is 0 Å². The number of benzene rings is 1. The molecule has 3 N–H and O–H groups in total. The number of phenols is 1. The maximum absolute atomic E-state index is 11.1. The molecule has 0 saturated carbocycles. The molecule has 4 nitrogen and oxygen atoms in total. The molecule has 0 aromatic heterocycles. The molecule has 1 aromatic carbocycles. The first-order valence-electron chi connectivity index (χ1n) is 3.38. The second-order valence-corrected chi connectivity index (χ2v) is 2.28. The normalized spacial score (nSPS) is 9.75. The first-order chi connectivity index (χ1) is 5.74. The molecule has 0 unspecified atom stereocenters. The Morgan fingerprint density at radius 1 is 1.42 bits per heavy atom. The first-order valence-corrected chi connectivity index (χ1v) is 3.38. The Kier molecular flexibility index (Phi) is 2.79. The zero-order chi connectivity index (χ0) is 8.97. The maximum Gasteiger partial charge on any atom is 0.190 e. The van der Waals surface area contributed by atoms with Crippen molar-refractivity contribution in [3.05, 3.63) is 29.8 Å². The highest BCUT2D eigenvalue weighted by molar-refractivity contribution is 5.97. The average molecular weight is 167 g/mol. The van der Waals surface area contributed by atoms with Crippen LogP contribution >= 0.6 is 0 Å². The highest BCUT2D eigenvalue weighted by atomic mass is 16.6. The maximum atomic E-state index is 11.1. The van der Waals surface area contributed by atoms with Crippen molar-refractivity contribution in [3.8, 4) is 5.75 Å². The van der Waals surface area contributed by atoms with Gasteiger partial charge in [0.05, 0.1) is 0 Å². The fourth-order valence-electron chi connectivity index (χ4n) is 0.806. The van der Waals surface area contributed by atoms with Gasteiger partial charge in [-0.1, -0.05) is 0 Å². The number of hydrogen-bond acceptors (Lipinski definition) is 4. The lowest BCUT2D eigenvalue weighted by Gasteiger charge is -1.98. The molecular formula is C8H9NO3. The van der Waals surface area contributed by atoms with Crippen LogP contribution in [0.2, 0.25) is 0 Å². The van der Waals surface area contributed by atoms with Crippen LogP contribution in [-0.2, 0) is 4.84 Å². The van der Waals surface area contributed by atoms with Crippen LogP contribution in [0, 0.1) is 0 Å². The van der Waals surface area contributed by atoms with Crippen LogP contribution in [0.5, 0.6) is 5.75 Å². The van der Waals surface area contributed by atoms with E-state index in [1.165, 1.54) is 24.3 Å². The van der Waals surface area contributed by atoms with Crippen LogP contribution in [0.1, 0.15) is 10.4 Å². The summed E-state index contributed by atoms with van der Waals surface area (Å²) in [6.07, 6.45) is 0. The van der Waals surface area contributed by atoms with E-state index in [1.807, 2.05) is 0 Å². The van der Waals surface area contributed by atoms with Crippen LogP contribution in [-0.4, -0.2) is 17.5 Å². The molecule has 0 aliphatic heterocycles. The molecule has 0 aliphatic rings. The van der Waals surface area contributed by atoms with E-state index in [9.17, 15) is 4.79 Å². The van der Waals surface area contributed by atoms with E-state index in [-0.39, 0.29) is 18.1 Å². The fraction of sp³-hybridized carbons (Fsp3) is 0.125. The Balaban J connectivity index is 2.75. The molecule has 0 atom stereocenters. The summed E-state index contributed by atoms with van der Waals surface area (Å²) < 4.78 is 0. The average Bonchev–Trinajstić information content (AvgIpc) is 2.06. The van der Waals surface area contributed by atoms with E-state index >= 15 is 0 Å². The quantitative estimate of drug-likeness (QED) is 0.507. The number of carbonyl (C=O) groups excluding carboxylic acids is 1. The molecule has 12 heavy (non-hydrogen) atoms. The molecule has 0 saturated heterocycles. The summed E-state index contributed by atoms with van der Waals surface area (Å²) in [5.41, 5.74) is 0.471. The topological polar surface area (TPSA) is 72.5 Å². The number of ketones is 1. The third-order valence-electron chi connectivity index (χ3n) is 1.40. The Labute approximate surface area is 69.5 Å². The highest BCUT2D eigenvalue weighted by Crippen LogP contribution is 2.09. The van der Waals surface area contributed by atoms with Gasteiger partial charge in [0.1, 0.15) is 12.4 Å². The number of rotatable bonds is 3. The van der Waals surface area contributed by atoms with Gasteiger partial charge in [0, 0.05) is 5.56 Å². The van der Waals surface area contributed by atoms with Crippen LogP contribution in [0.15, 0.2) is 24.3 Å². The van der Waals surface area contributed by atoms with E-state index in [2.05, 4.69) is 4.84 Å². The van der Waals surface area contributed by atoms with Gasteiger partial charge in [-0.15, -0.1) is 0 Å². The van der Waals surface area contributed by atoms with E-state index in [0.717, 1.165) is 0 Å². The summed E-state index contributed by atoms with van der Waals surface area (Å²) in [5.74, 6) is 4.64. The van der Waals surface area contributed by atoms with Gasteiger partial charge < -0.3 is 5.11 Å². The number of aromatic hydroxyl groups is 1. The third kappa shape index (κ3) is 2.05. The zero-order valence-electron chi connectivity index (χ0n) is 6.36. The summed E-state index contributed by atoms with van der Waals surface area (Å²) in [4.78, 5) is 15.2. The SMILES string of the molecule is NOCC(=O)c1ccc(O)cc1. The van der Waals surface area contributed by atoms with Crippen molar-refractivity contribution < 1.29 is 14.7 Å². The van der Waals surface area contributed by atoms with E-state index in [1.54, 1.807) is 0 Å². The largest absolute Gasteiger partial charge is 0.508 e. The molecule has 0 fully saturated rings. The fourth-order valence-corrected chi connectivity index (χ4v) is 0.806. The van der Waals surface area contributed by atoms with Gasteiger partial charge in [-0.3, -0.25) is 9.63 Å². The minimum Gasteiger partial charge on any atom is -0.508 e. The monoisotopic (exact) mass is 167 g/mol. The number of hydrogen-bond donors (Lipinski definition) is 2. The molecule has 4 heteroatoms. The Morgan fingerprint density at radius 2 is 2.00 bits per heavy atom. The van der Waals surface area contributed by atoms with Gasteiger partial charge in [-0.25, -0.2) is 5.90 Å². The number of carbonyl (C=O) groups is 1. The first kappa shape index (κ1) is 8.70. The zero-order valence-corrected chi connectivity index (χ0v) is 6.36. The second-order valence-electron chi connectivity index (χ2n) is 2.28. The van der Waals surface area contributed by atoms with Gasteiger partial charge in [0.25, 0.3) is 0 Å². The minimum atomic E-state index is -0.211. The van der Waals surface area contributed by atoms with Gasteiger partial charge >= 0.3 is 0 Å². The molecule has 1 rings (SSSR count).